The molecular formula is C75H51N. The maximum atomic E-state index is 2.50. The summed E-state index contributed by atoms with van der Waals surface area (Å²) in [4.78, 5) is 2.50. The minimum atomic E-state index is -0.549. The zero-order chi connectivity index (χ0) is 50.4. The summed E-state index contributed by atoms with van der Waals surface area (Å²) in [5, 5.41) is 4.98. The van der Waals surface area contributed by atoms with Gasteiger partial charge >= 0.3 is 0 Å². The van der Waals surface area contributed by atoms with Crippen molar-refractivity contribution in [3.05, 3.63) is 332 Å². The third-order valence-corrected chi connectivity index (χ3v) is 15.7. The van der Waals surface area contributed by atoms with E-state index < -0.39 is 5.41 Å². The Bertz CT molecular complexity index is 4190. The van der Waals surface area contributed by atoms with Gasteiger partial charge in [-0.2, -0.15) is 0 Å². The molecule has 0 radical (unpaired) electrons. The Morgan fingerprint density at radius 3 is 1.30 bits per heavy atom. The summed E-state index contributed by atoms with van der Waals surface area (Å²) >= 11 is 0. The van der Waals surface area contributed by atoms with E-state index >= 15 is 0 Å². The van der Waals surface area contributed by atoms with Gasteiger partial charge in [-0.05, 0) is 141 Å². The van der Waals surface area contributed by atoms with Gasteiger partial charge in [0.05, 0.1) is 11.1 Å². The number of benzene rings is 13. The summed E-state index contributed by atoms with van der Waals surface area (Å²) in [6, 6.07) is 114. The van der Waals surface area contributed by atoms with E-state index in [1.54, 1.807) is 0 Å². The lowest BCUT2D eigenvalue weighted by atomic mass is 9.68. The molecule has 0 amide bonds. The molecule has 0 saturated carbocycles. The molecule has 0 aliphatic heterocycles. The molecule has 0 atom stereocenters. The molecule has 1 nitrogen and oxygen atoms in total. The van der Waals surface area contributed by atoms with Crippen LogP contribution >= 0.6 is 0 Å². The van der Waals surface area contributed by atoms with Gasteiger partial charge in [0.1, 0.15) is 0 Å². The molecule has 0 fully saturated rings. The number of anilines is 3. The van der Waals surface area contributed by atoms with E-state index in [0.29, 0.717) is 0 Å². The van der Waals surface area contributed by atoms with Gasteiger partial charge in [-0.3, -0.25) is 0 Å². The number of nitrogens with zero attached hydrogens (tertiary/aromatic N) is 1. The van der Waals surface area contributed by atoms with Gasteiger partial charge in [0.15, 0.2) is 0 Å². The van der Waals surface area contributed by atoms with Gasteiger partial charge in [0.2, 0.25) is 0 Å². The van der Waals surface area contributed by atoms with Crippen molar-refractivity contribution in [1.29, 1.82) is 0 Å². The molecule has 0 aromatic heterocycles. The van der Waals surface area contributed by atoms with E-state index in [0.717, 1.165) is 22.6 Å². The van der Waals surface area contributed by atoms with Crippen LogP contribution in [0.2, 0.25) is 0 Å². The summed E-state index contributed by atoms with van der Waals surface area (Å²) in [6.45, 7) is 0. The molecule has 0 heterocycles. The van der Waals surface area contributed by atoms with Gasteiger partial charge in [-0.15, -0.1) is 0 Å². The topological polar surface area (TPSA) is 3.24 Å². The van der Waals surface area contributed by atoms with Crippen LogP contribution in [-0.2, 0) is 5.41 Å². The second kappa shape index (κ2) is 18.9. The average Bonchev–Trinajstić information content (AvgIpc) is 4.04. The van der Waals surface area contributed by atoms with Crippen LogP contribution in [0.4, 0.5) is 17.1 Å². The normalized spacial score (nSPS) is 12.3. The number of rotatable bonds is 10. The molecule has 76 heavy (non-hydrogen) atoms. The highest BCUT2D eigenvalue weighted by Crippen LogP contribution is 2.60. The van der Waals surface area contributed by atoms with Crippen LogP contribution in [-0.4, -0.2) is 0 Å². The molecule has 14 rings (SSSR count). The molecule has 0 N–H and O–H groups in total. The molecule has 13 aromatic carbocycles. The molecule has 1 heteroatoms. The zero-order valence-electron chi connectivity index (χ0n) is 41.9. The van der Waals surface area contributed by atoms with Crippen molar-refractivity contribution in [3.8, 4) is 66.8 Å². The zero-order valence-corrected chi connectivity index (χ0v) is 41.9. The third-order valence-electron chi connectivity index (χ3n) is 15.7. The Labute approximate surface area is 444 Å². The fraction of sp³-hybridized carbons (Fsp3) is 0.0133. The number of hydrogen-bond donors (Lipinski definition) is 0. The summed E-state index contributed by atoms with van der Waals surface area (Å²) < 4.78 is 0. The second-order valence-electron chi connectivity index (χ2n) is 19.9. The van der Waals surface area contributed by atoms with E-state index in [-0.39, 0.29) is 0 Å². The highest BCUT2D eigenvalue weighted by atomic mass is 15.1. The molecule has 0 spiro atoms. The lowest BCUT2D eigenvalue weighted by molar-refractivity contribution is 0.768. The van der Waals surface area contributed by atoms with Crippen molar-refractivity contribution in [1.82, 2.24) is 0 Å². The van der Waals surface area contributed by atoms with Gasteiger partial charge < -0.3 is 4.90 Å². The van der Waals surface area contributed by atoms with Crippen LogP contribution in [0.25, 0.3) is 88.3 Å². The van der Waals surface area contributed by atoms with Crippen molar-refractivity contribution >= 4 is 38.6 Å². The molecule has 1 aliphatic rings. The number of hydrogen-bond acceptors (Lipinski definition) is 1. The highest BCUT2D eigenvalue weighted by Gasteiger charge is 2.47. The van der Waals surface area contributed by atoms with E-state index in [2.05, 4.69) is 314 Å². The summed E-state index contributed by atoms with van der Waals surface area (Å²) in [5.41, 5.74) is 22.2. The van der Waals surface area contributed by atoms with E-state index in [9.17, 15) is 0 Å². The van der Waals surface area contributed by atoms with E-state index in [1.165, 1.54) is 105 Å². The van der Waals surface area contributed by atoms with Crippen LogP contribution in [0.3, 0.4) is 0 Å². The van der Waals surface area contributed by atoms with Crippen molar-refractivity contribution in [2.24, 2.45) is 0 Å². The average molecular weight is 966 g/mol. The standard InChI is InChI=1S/C75H51N/c1-7-24-53(25-8-1)62-49-47-61(51-67(62)54-26-9-2-10-27-54)76(71-41-23-40-70-74(71)66-38-21-22-39-69(66)75(70,58-32-15-5-16-33-58)59-34-17-6-18-35-59)60-45-42-52(43-46-60)57-44-48-64-63-36-19-20-37-65(63)72(55-28-11-3-12-29-55)73(68(64)50-57)56-30-13-4-14-31-56/h1-51H. The van der Waals surface area contributed by atoms with Crippen molar-refractivity contribution < 1.29 is 0 Å². The molecule has 0 saturated heterocycles. The van der Waals surface area contributed by atoms with Crippen LogP contribution in [0, 0.1) is 0 Å². The first-order chi connectivity index (χ1) is 37.7. The summed E-state index contributed by atoms with van der Waals surface area (Å²) in [5.74, 6) is 0. The number of fused-ring (bicyclic) bond motifs is 6. The lowest BCUT2D eigenvalue weighted by Crippen LogP contribution is -2.28. The first-order valence-corrected chi connectivity index (χ1v) is 26.3. The van der Waals surface area contributed by atoms with Crippen LogP contribution in [0.15, 0.2) is 309 Å². The van der Waals surface area contributed by atoms with Crippen LogP contribution in [0.1, 0.15) is 22.3 Å². The summed E-state index contributed by atoms with van der Waals surface area (Å²) in [6.07, 6.45) is 0. The highest BCUT2D eigenvalue weighted by molar-refractivity contribution is 6.22. The van der Waals surface area contributed by atoms with Gasteiger partial charge in [-0.1, -0.05) is 273 Å². The minimum Gasteiger partial charge on any atom is -0.310 e. The third kappa shape index (κ3) is 7.39. The largest absolute Gasteiger partial charge is 0.310 e. The van der Waals surface area contributed by atoms with Crippen molar-refractivity contribution in [3.63, 3.8) is 0 Å². The smallest absolute Gasteiger partial charge is 0.0714 e. The van der Waals surface area contributed by atoms with Gasteiger partial charge in [-0.25, -0.2) is 0 Å². The Balaban J connectivity index is 0.996. The Hall–Kier alpha value is -9.82. The lowest BCUT2D eigenvalue weighted by Gasteiger charge is -2.34. The quantitative estimate of drug-likeness (QED) is 0.123. The Morgan fingerprint density at radius 1 is 0.224 bits per heavy atom. The van der Waals surface area contributed by atoms with Crippen LogP contribution < -0.4 is 4.90 Å². The molecule has 1 aliphatic carbocycles. The Kier molecular flexibility index (Phi) is 11.2. The summed E-state index contributed by atoms with van der Waals surface area (Å²) in [7, 11) is 0. The molecule has 13 aromatic rings. The van der Waals surface area contributed by atoms with Crippen molar-refractivity contribution in [2.75, 3.05) is 4.90 Å². The molecule has 0 bridgehead atoms. The predicted molar refractivity (Wildman–Crippen MR) is 321 cm³/mol. The van der Waals surface area contributed by atoms with Crippen LogP contribution in [0.5, 0.6) is 0 Å². The first kappa shape index (κ1) is 44.8. The molecular weight excluding hydrogens is 915 g/mol. The van der Waals surface area contributed by atoms with Gasteiger partial charge in [0.25, 0.3) is 0 Å². The molecule has 0 unspecified atom stereocenters. The van der Waals surface area contributed by atoms with E-state index in [1.807, 2.05) is 0 Å². The fourth-order valence-corrected chi connectivity index (χ4v) is 12.5. The maximum Gasteiger partial charge on any atom is 0.0714 e. The predicted octanol–water partition coefficient (Wildman–Crippen LogP) is 20.2. The maximum absolute atomic E-state index is 2.50. The first-order valence-electron chi connectivity index (χ1n) is 26.3. The van der Waals surface area contributed by atoms with Gasteiger partial charge in [0, 0.05) is 16.9 Å². The fourth-order valence-electron chi connectivity index (χ4n) is 12.5. The monoisotopic (exact) mass is 965 g/mol. The van der Waals surface area contributed by atoms with Crippen molar-refractivity contribution in [2.45, 2.75) is 5.41 Å². The SMILES string of the molecule is c1ccc(-c2ccc(N(c3ccc(-c4ccc5c(c4)c(-c4ccccc4)c(-c4ccccc4)c4ccccc45)cc3)c3cccc4c3-c3ccccc3C4(c3ccccc3)c3ccccc3)cc2-c2ccccc2)cc1. The second-order valence-corrected chi connectivity index (χ2v) is 19.9. The van der Waals surface area contributed by atoms with E-state index in [4.69, 9.17) is 0 Å². The Morgan fingerprint density at radius 2 is 0.684 bits per heavy atom. The minimum absolute atomic E-state index is 0.549. The molecule has 356 valence electrons.